The summed E-state index contributed by atoms with van der Waals surface area (Å²) in [6.07, 6.45) is 0. The summed E-state index contributed by atoms with van der Waals surface area (Å²) >= 11 is 6.18. The lowest BCUT2D eigenvalue weighted by atomic mass is 10.2. The lowest BCUT2D eigenvalue weighted by molar-refractivity contribution is 0.208. The number of hydrogen-bond donors (Lipinski definition) is 1. The molecule has 1 saturated heterocycles. The van der Waals surface area contributed by atoms with E-state index >= 15 is 0 Å². The van der Waals surface area contributed by atoms with Crippen LogP contribution in [0.15, 0.2) is 42.5 Å². The number of carbonyl (C=O) groups is 1. The van der Waals surface area contributed by atoms with E-state index in [2.05, 4.69) is 10.2 Å². The molecule has 0 bridgehead atoms. The average Bonchev–Trinajstić information content (AvgIpc) is 2.59. The first-order chi connectivity index (χ1) is 11.5. The van der Waals surface area contributed by atoms with E-state index in [0.29, 0.717) is 26.2 Å². The van der Waals surface area contributed by atoms with Gasteiger partial charge in [0.05, 0.1) is 5.69 Å². The summed E-state index contributed by atoms with van der Waals surface area (Å²) < 4.78 is 13.6. The van der Waals surface area contributed by atoms with Gasteiger partial charge in [-0.05, 0) is 36.8 Å². The molecule has 1 heterocycles. The molecule has 6 heteroatoms. The Balaban J connectivity index is 1.59. The largest absolute Gasteiger partial charge is 0.368 e. The molecule has 0 radical (unpaired) electrons. The molecule has 2 amide bonds. The molecule has 0 saturated carbocycles. The normalized spacial score (nSPS) is 14.6. The van der Waals surface area contributed by atoms with Crippen molar-refractivity contribution in [3.05, 3.63) is 58.9 Å². The van der Waals surface area contributed by atoms with Gasteiger partial charge in [0.15, 0.2) is 0 Å². The van der Waals surface area contributed by atoms with Crippen molar-refractivity contribution >= 4 is 29.0 Å². The molecule has 2 aromatic rings. The van der Waals surface area contributed by atoms with Crippen LogP contribution in [0.1, 0.15) is 5.56 Å². The van der Waals surface area contributed by atoms with Gasteiger partial charge < -0.3 is 15.1 Å². The number of halogens is 2. The van der Waals surface area contributed by atoms with Gasteiger partial charge in [-0.3, -0.25) is 0 Å². The van der Waals surface area contributed by atoms with Crippen LogP contribution in [0.25, 0.3) is 0 Å². The minimum atomic E-state index is -0.432. The Bertz CT molecular complexity index is 745. The summed E-state index contributed by atoms with van der Waals surface area (Å²) in [5.41, 5.74) is 2.30. The van der Waals surface area contributed by atoms with E-state index in [1.165, 1.54) is 6.07 Å². The topological polar surface area (TPSA) is 35.6 Å². The first kappa shape index (κ1) is 16.6. The highest BCUT2D eigenvalue weighted by Gasteiger charge is 2.22. The second-order valence-corrected chi connectivity index (χ2v) is 6.22. The van der Waals surface area contributed by atoms with Crippen molar-refractivity contribution in [1.29, 1.82) is 0 Å². The highest BCUT2D eigenvalue weighted by Crippen LogP contribution is 2.24. The number of urea groups is 1. The van der Waals surface area contributed by atoms with Gasteiger partial charge in [0.1, 0.15) is 5.82 Å². The maximum Gasteiger partial charge on any atom is 0.322 e. The first-order valence-electron chi connectivity index (χ1n) is 7.86. The standard InChI is InChI=1S/C18H19ClFN3O/c1-13-6-7-14(12-15(13)19)22-8-10-23(11-9-22)18(24)21-17-5-3-2-4-16(17)20/h2-7,12H,8-11H2,1H3,(H,21,24). The molecule has 0 spiro atoms. The van der Waals surface area contributed by atoms with Crippen LogP contribution < -0.4 is 10.2 Å². The first-order valence-corrected chi connectivity index (χ1v) is 8.24. The van der Waals surface area contributed by atoms with Crippen LogP contribution in [-0.2, 0) is 0 Å². The second kappa shape index (κ2) is 7.09. The Labute approximate surface area is 145 Å². The number of benzene rings is 2. The van der Waals surface area contributed by atoms with Crippen LogP contribution in [-0.4, -0.2) is 37.1 Å². The van der Waals surface area contributed by atoms with Crippen LogP contribution in [0.2, 0.25) is 5.02 Å². The lowest BCUT2D eigenvalue weighted by Crippen LogP contribution is -2.50. The quantitative estimate of drug-likeness (QED) is 0.886. The van der Waals surface area contributed by atoms with Crippen molar-refractivity contribution in [3.63, 3.8) is 0 Å². The zero-order valence-electron chi connectivity index (χ0n) is 13.4. The molecule has 0 aliphatic carbocycles. The van der Waals surface area contributed by atoms with Crippen LogP contribution in [0.5, 0.6) is 0 Å². The summed E-state index contributed by atoms with van der Waals surface area (Å²) in [6, 6.07) is 11.9. The Morgan fingerprint density at radius 1 is 1.12 bits per heavy atom. The van der Waals surface area contributed by atoms with Crippen molar-refractivity contribution in [1.82, 2.24) is 4.90 Å². The van der Waals surface area contributed by atoms with E-state index in [1.54, 1.807) is 23.1 Å². The summed E-state index contributed by atoms with van der Waals surface area (Å²) in [5.74, 6) is -0.432. The Morgan fingerprint density at radius 3 is 2.50 bits per heavy atom. The molecule has 2 aromatic carbocycles. The number of hydrogen-bond acceptors (Lipinski definition) is 2. The van der Waals surface area contributed by atoms with Crippen molar-refractivity contribution in [2.24, 2.45) is 0 Å². The SMILES string of the molecule is Cc1ccc(N2CCN(C(=O)Nc3ccccc3F)CC2)cc1Cl. The maximum absolute atomic E-state index is 13.6. The molecule has 1 fully saturated rings. The van der Waals surface area contributed by atoms with Gasteiger partial charge in [-0.1, -0.05) is 29.8 Å². The third-order valence-electron chi connectivity index (χ3n) is 4.20. The van der Waals surface area contributed by atoms with Crippen molar-refractivity contribution in [2.45, 2.75) is 6.92 Å². The van der Waals surface area contributed by atoms with Crippen LogP contribution in [0.3, 0.4) is 0 Å². The van der Waals surface area contributed by atoms with E-state index in [9.17, 15) is 9.18 Å². The number of para-hydroxylation sites is 1. The average molecular weight is 348 g/mol. The highest BCUT2D eigenvalue weighted by molar-refractivity contribution is 6.31. The monoisotopic (exact) mass is 347 g/mol. The van der Waals surface area contributed by atoms with Crippen LogP contribution >= 0.6 is 11.6 Å². The smallest absolute Gasteiger partial charge is 0.322 e. The van der Waals surface area contributed by atoms with Crippen LogP contribution in [0, 0.1) is 12.7 Å². The van der Waals surface area contributed by atoms with Crippen molar-refractivity contribution in [2.75, 3.05) is 36.4 Å². The third kappa shape index (κ3) is 3.62. The molecule has 0 unspecified atom stereocenters. The van der Waals surface area contributed by atoms with Crippen LogP contribution in [0.4, 0.5) is 20.6 Å². The summed E-state index contributed by atoms with van der Waals surface area (Å²) in [6.45, 7) is 4.54. The fraction of sp³-hybridized carbons (Fsp3) is 0.278. The molecule has 0 atom stereocenters. The molecule has 1 aliphatic rings. The Hall–Kier alpha value is -2.27. The molecule has 1 N–H and O–H groups in total. The summed E-state index contributed by atoms with van der Waals surface area (Å²) in [4.78, 5) is 16.2. The maximum atomic E-state index is 13.6. The molecular weight excluding hydrogens is 329 g/mol. The third-order valence-corrected chi connectivity index (χ3v) is 4.61. The Kier molecular flexibility index (Phi) is 4.90. The van der Waals surface area contributed by atoms with Crippen molar-refractivity contribution in [3.8, 4) is 0 Å². The fourth-order valence-corrected chi connectivity index (χ4v) is 2.88. The molecule has 126 valence electrons. The van der Waals surface area contributed by atoms with E-state index < -0.39 is 5.82 Å². The van der Waals surface area contributed by atoms with E-state index in [1.807, 2.05) is 25.1 Å². The molecule has 0 aromatic heterocycles. The molecule has 4 nitrogen and oxygen atoms in total. The minimum Gasteiger partial charge on any atom is -0.368 e. The number of carbonyl (C=O) groups excluding carboxylic acids is 1. The molecular formula is C18H19ClFN3O. The predicted molar refractivity (Wildman–Crippen MR) is 95.4 cm³/mol. The van der Waals surface area contributed by atoms with Gasteiger partial charge in [0.25, 0.3) is 0 Å². The van der Waals surface area contributed by atoms with Crippen molar-refractivity contribution < 1.29 is 9.18 Å². The number of piperazine rings is 1. The number of amides is 2. The van der Waals surface area contributed by atoms with E-state index in [4.69, 9.17) is 11.6 Å². The van der Waals surface area contributed by atoms with Gasteiger partial charge in [-0.25, -0.2) is 9.18 Å². The number of nitrogens with one attached hydrogen (secondary N) is 1. The number of aryl methyl sites for hydroxylation is 1. The van der Waals surface area contributed by atoms with Gasteiger partial charge in [0, 0.05) is 36.9 Å². The zero-order valence-corrected chi connectivity index (χ0v) is 14.2. The lowest BCUT2D eigenvalue weighted by Gasteiger charge is -2.36. The highest BCUT2D eigenvalue weighted by atomic mass is 35.5. The second-order valence-electron chi connectivity index (χ2n) is 5.82. The number of nitrogens with zero attached hydrogens (tertiary/aromatic N) is 2. The molecule has 24 heavy (non-hydrogen) atoms. The van der Waals surface area contributed by atoms with Gasteiger partial charge in [-0.15, -0.1) is 0 Å². The molecule has 1 aliphatic heterocycles. The van der Waals surface area contributed by atoms with Gasteiger partial charge >= 0.3 is 6.03 Å². The zero-order chi connectivity index (χ0) is 17.1. The number of rotatable bonds is 2. The van der Waals surface area contributed by atoms with Gasteiger partial charge in [0.2, 0.25) is 0 Å². The predicted octanol–water partition coefficient (Wildman–Crippen LogP) is 4.14. The van der Waals surface area contributed by atoms with E-state index in [0.717, 1.165) is 16.3 Å². The summed E-state index contributed by atoms with van der Waals surface area (Å²) in [5, 5.41) is 3.37. The van der Waals surface area contributed by atoms with E-state index in [-0.39, 0.29) is 11.7 Å². The molecule has 3 rings (SSSR count). The van der Waals surface area contributed by atoms with Gasteiger partial charge in [-0.2, -0.15) is 0 Å². The number of anilines is 2. The summed E-state index contributed by atoms with van der Waals surface area (Å²) in [7, 11) is 0. The fourth-order valence-electron chi connectivity index (χ4n) is 2.70. The minimum absolute atomic E-state index is 0.204. The Morgan fingerprint density at radius 2 is 1.83 bits per heavy atom.